The van der Waals surface area contributed by atoms with Crippen molar-refractivity contribution in [3.63, 3.8) is 0 Å². The summed E-state index contributed by atoms with van der Waals surface area (Å²) < 4.78 is 0. The lowest BCUT2D eigenvalue weighted by Crippen LogP contribution is -2.30. The molecule has 0 aromatic carbocycles. The molecule has 0 aliphatic rings. The first-order valence-corrected chi connectivity index (χ1v) is 2.97. The van der Waals surface area contributed by atoms with Gasteiger partial charge in [0.25, 0.3) is 5.91 Å². The van der Waals surface area contributed by atoms with E-state index in [1.165, 1.54) is 0 Å². The Labute approximate surface area is 60.3 Å². The lowest BCUT2D eigenvalue weighted by molar-refractivity contribution is -0.117. The van der Waals surface area contributed by atoms with Crippen LogP contribution in [0.25, 0.3) is 0 Å². The van der Waals surface area contributed by atoms with E-state index < -0.39 is 5.91 Å². The molecule has 54 valence electrons. The maximum absolute atomic E-state index is 10.8. The van der Waals surface area contributed by atoms with Gasteiger partial charge in [-0.15, -0.1) is 0 Å². The third-order valence-corrected chi connectivity index (χ3v) is 0.829. The Morgan fingerprint density at radius 2 is 2.20 bits per heavy atom. The number of nitriles is 1. The Morgan fingerprint density at radius 3 is 2.50 bits per heavy atom. The molecule has 0 unspecified atom stereocenters. The minimum absolute atomic E-state index is 0.0475. The summed E-state index contributed by atoms with van der Waals surface area (Å²) in [5.41, 5.74) is -0.0475. The van der Waals surface area contributed by atoms with Crippen molar-refractivity contribution in [1.29, 1.82) is 5.26 Å². The van der Waals surface area contributed by atoms with E-state index in [0.717, 1.165) is 0 Å². The van der Waals surface area contributed by atoms with Crippen LogP contribution in [-0.2, 0) is 4.79 Å². The van der Waals surface area contributed by atoms with E-state index in [-0.39, 0.29) is 11.6 Å². The van der Waals surface area contributed by atoms with Gasteiger partial charge in [-0.1, -0.05) is 6.58 Å². The van der Waals surface area contributed by atoms with Gasteiger partial charge in [0.05, 0.1) is 0 Å². The fourth-order valence-corrected chi connectivity index (χ4v) is 0.400. The van der Waals surface area contributed by atoms with Crippen molar-refractivity contribution in [2.45, 2.75) is 19.9 Å². The predicted octanol–water partition coefficient (Wildman–Crippen LogP) is 0.591. The number of nitrogens with one attached hydrogen (secondary N) is 1. The monoisotopic (exact) mass is 138 g/mol. The lowest BCUT2D eigenvalue weighted by atomic mass is 10.3. The molecule has 0 spiro atoms. The van der Waals surface area contributed by atoms with Gasteiger partial charge in [-0.05, 0) is 13.8 Å². The van der Waals surface area contributed by atoms with Crippen LogP contribution >= 0.6 is 0 Å². The van der Waals surface area contributed by atoms with Gasteiger partial charge in [-0.25, -0.2) is 0 Å². The summed E-state index contributed by atoms with van der Waals surface area (Å²) in [5, 5.41) is 10.7. The summed E-state index contributed by atoms with van der Waals surface area (Å²) in [6, 6.07) is 1.72. The molecule has 0 bridgehead atoms. The van der Waals surface area contributed by atoms with Gasteiger partial charge in [0.1, 0.15) is 11.6 Å². The van der Waals surface area contributed by atoms with Crippen molar-refractivity contribution in [2.75, 3.05) is 0 Å². The van der Waals surface area contributed by atoms with E-state index in [1.807, 2.05) is 13.8 Å². The number of carbonyl (C=O) groups excluding carboxylic acids is 1. The van der Waals surface area contributed by atoms with Gasteiger partial charge in [0, 0.05) is 6.04 Å². The summed E-state index contributed by atoms with van der Waals surface area (Å²) in [6.07, 6.45) is 0. The molecule has 0 saturated heterocycles. The smallest absolute Gasteiger partial charge is 0.261 e. The number of amides is 1. The summed E-state index contributed by atoms with van der Waals surface area (Å²) in [6.45, 7) is 6.90. The lowest BCUT2D eigenvalue weighted by Gasteiger charge is -2.05. The third-order valence-electron chi connectivity index (χ3n) is 0.829. The number of rotatable bonds is 2. The molecule has 0 fully saturated rings. The average molecular weight is 138 g/mol. The molecular formula is C7H10N2O. The van der Waals surface area contributed by atoms with Crippen LogP contribution in [0.5, 0.6) is 0 Å². The van der Waals surface area contributed by atoms with Gasteiger partial charge < -0.3 is 5.32 Å². The molecule has 0 aromatic rings. The summed E-state index contributed by atoms with van der Waals surface area (Å²) in [5.74, 6) is -0.391. The van der Waals surface area contributed by atoms with E-state index in [1.54, 1.807) is 6.07 Å². The summed E-state index contributed by atoms with van der Waals surface area (Å²) in [4.78, 5) is 10.8. The van der Waals surface area contributed by atoms with Gasteiger partial charge in [0.15, 0.2) is 0 Å². The van der Waals surface area contributed by atoms with Crippen LogP contribution in [0.1, 0.15) is 13.8 Å². The minimum Gasteiger partial charge on any atom is -0.349 e. The minimum atomic E-state index is -0.391. The van der Waals surface area contributed by atoms with Crippen molar-refractivity contribution in [2.24, 2.45) is 0 Å². The van der Waals surface area contributed by atoms with Gasteiger partial charge in [-0.3, -0.25) is 4.79 Å². The van der Waals surface area contributed by atoms with Crippen molar-refractivity contribution in [1.82, 2.24) is 5.32 Å². The van der Waals surface area contributed by atoms with Crippen LogP contribution in [0.4, 0.5) is 0 Å². The molecule has 3 nitrogen and oxygen atoms in total. The van der Waals surface area contributed by atoms with Crippen molar-refractivity contribution in [3.05, 3.63) is 12.2 Å². The van der Waals surface area contributed by atoms with Gasteiger partial charge in [0.2, 0.25) is 0 Å². The second-order valence-corrected chi connectivity index (χ2v) is 2.22. The van der Waals surface area contributed by atoms with E-state index in [2.05, 4.69) is 11.9 Å². The Morgan fingerprint density at radius 1 is 1.70 bits per heavy atom. The molecule has 0 aliphatic carbocycles. The van der Waals surface area contributed by atoms with Gasteiger partial charge in [-0.2, -0.15) is 5.26 Å². The Balaban J connectivity index is 3.89. The van der Waals surface area contributed by atoms with E-state index in [9.17, 15) is 4.79 Å². The second kappa shape index (κ2) is 3.67. The average Bonchev–Trinajstić information content (AvgIpc) is 1.85. The highest BCUT2D eigenvalue weighted by Gasteiger charge is 2.05. The molecule has 0 aromatic heterocycles. The second-order valence-electron chi connectivity index (χ2n) is 2.22. The van der Waals surface area contributed by atoms with E-state index in [4.69, 9.17) is 5.26 Å². The predicted molar refractivity (Wildman–Crippen MR) is 38.0 cm³/mol. The normalized spacial score (nSPS) is 8.60. The maximum atomic E-state index is 10.8. The van der Waals surface area contributed by atoms with Gasteiger partial charge >= 0.3 is 0 Å². The molecule has 0 radical (unpaired) electrons. The van der Waals surface area contributed by atoms with Crippen molar-refractivity contribution < 1.29 is 4.79 Å². The summed E-state index contributed by atoms with van der Waals surface area (Å²) >= 11 is 0. The van der Waals surface area contributed by atoms with E-state index in [0.29, 0.717) is 0 Å². The fourth-order valence-electron chi connectivity index (χ4n) is 0.400. The Bertz CT molecular complexity index is 188. The summed E-state index contributed by atoms with van der Waals surface area (Å²) in [7, 11) is 0. The highest BCUT2D eigenvalue weighted by Crippen LogP contribution is 1.87. The number of nitrogens with zero attached hydrogens (tertiary/aromatic N) is 1. The van der Waals surface area contributed by atoms with E-state index >= 15 is 0 Å². The molecule has 0 aliphatic heterocycles. The third kappa shape index (κ3) is 2.88. The molecule has 1 N–H and O–H groups in total. The largest absolute Gasteiger partial charge is 0.349 e. The molecule has 3 heteroatoms. The number of hydrogen-bond acceptors (Lipinski definition) is 2. The van der Waals surface area contributed by atoms with Crippen LogP contribution in [0.2, 0.25) is 0 Å². The first-order chi connectivity index (χ1) is 4.57. The number of hydrogen-bond donors (Lipinski definition) is 1. The molecule has 0 saturated carbocycles. The Kier molecular flexibility index (Phi) is 3.20. The molecular weight excluding hydrogens is 128 g/mol. The maximum Gasteiger partial charge on any atom is 0.261 e. The zero-order chi connectivity index (χ0) is 8.15. The van der Waals surface area contributed by atoms with Crippen LogP contribution in [0, 0.1) is 11.3 Å². The fraction of sp³-hybridized carbons (Fsp3) is 0.429. The number of carbonyl (C=O) groups is 1. The first-order valence-electron chi connectivity index (χ1n) is 2.97. The zero-order valence-electron chi connectivity index (χ0n) is 6.14. The quantitative estimate of drug-likeness (QED) is 0.448. The first kappa shape index (κ1) is 8.70. The van der Waals surface area contributed by atoms with Crippen molar-refractivity contribution in [3.8, 4) is 6.07 Å². The standard InChI is InChI=1S/C7H10N2O/c1-5(2)9-7(10)6(3)4-8/h5H,3H2,1-2H3,(H,9,10). The van der Waals surface area contributed by atoms with Crippen molar-refractivity contribution >= 4 is 5.91 Å². The molecule has 0 rings (SSSR count). The van der Waals surface area contributed by atoms with Crippen LogP contribution in [-0.4, -0.2) is 11.9 Å². The topological polar surface area (TPSA) is 52.9 Å². The molecule has 10 heavy (non-hydrogen) atoms. The highest BCUT2D eigenvalue weighted by molar-refractivity contribution is 5.96. The van der Waals surface area contributed by atoms with Crippen LogP contribution in [0.15, 0.2) is 12.2 Å². The zero-order valence-corrected chi connectivity index (χ0v) is 6.14. The highest BCUT2D eigenvalue weighted by atomic mass is 16.1. The van der Waals surface area contributed by atoms with Crippen LogP contribution in [0.3, 0.4) is 0 Å². The molecule has 0 heterocycles. The van der Waals surface area contributed by atoms with Crippen LogP contribution < -0.4 is 5.32 Å². The Hall–Kier alpha value is -1.30. The SMILES string of the molecule is C=C(C#N)C(=O)NC(C)C. The molecule has 0 atom stereocenters. The molecule has 1 amide bonds.